The lowest BCUT2D eigenvalue weighted by molar-refractivity contribution is -0.142. The number of carboxylic acid groups (broad SMARTS) is 1. The van der Waals surface area contributed by atoms with E-state index in [1.165, 1.54) is 15.8 Å². The van der Waals surface area contributed by atoms with Crippen LogP contribution in [0, 0.1) is 0 Å². The maximum Gasteiger partial charge on any atom is 0.309 e. The summed E-state index contributed by atoms with van der Waals surface area (Å²) >= 11 is 0. The maximum absolute atomic E-state index is 11.8. The first-order valence-electron chi connectivity index (χ1n) is 5.50. The van der Waals surface area contributed by atoms with Crippen LogP contribution >= 0.6 is 0 Å². The molecule has 18 heavy (non-hydrogen) atoms. The molecule has 2 amide bonds. The molecule has 8 nitrogen and oxygen atoms in total. The van der Waals surface area contributed by atoms with Crippen LogP contribution in [-0.2, 0) is 27.3 Å². The highest BCUT2D eigenvalue weighted by molar-refractivity contribution is 5.96. The Morgan fingerprint density at radius 3 is 2.83 bits per heavy atom. The molecule has 2 rings (SSSR count). The fraction of sp³-hybridized carbons (Fsp3) is 0.500. The largest absolute Gasteiger partial charge is 0.481 e. The predicted octanol–water partition coefficient (Wildman–Crippen LogP) is -0.946. The zero-order valence-electron chi connectivity index (χ0n) is 9.57. The van der Waals surface area contributed by atoms with Crippen molar-refractivity contribution in [3.63, 3.8) is 0 Å². The van der Waals surface area contributed by atoms with E-state index < -0.39 is 5.97 Å². The van der Waals surface area contributed by atoms with E-state index >= 15 is 0 Å². The van der Waals surface area contributed by atoms with Gasteiger partial charge in [-0.25, -0.2) is 4.68 Å². The Bertz CT molecular complexity index is 496. The minimum absolute atomic E-state index is 0.0989. The number of nitrogens with zero attached hydrogens (tertiary/aromatic N) is 4. The monoisotopic (exact) mass is 252 g/mol. The van der Waals surface area contributed by atoms with Crippen LogP contribution in [0.4, 0.5) is 0 Å². The SMILES string of the molecule is O=C(O)Cc1cn(CC(=O)N2CCCC2=O)nn1. The van der Waals surface area contributed by atoms with Crippen molar-refractivity contribution in [2.24, 2.45) is 0 Å². The molecular formula is C10H12N4O4. The molecule has 0 spiro atoms. The summed E-state index contributed by atoms with van der Waals surface area (Å²) in [7, 11) is 0. The van der Waals surface area contributed by atoms with Crippen molar-refractivity contribution in [2.45, 2.75) is 25.8 Å². The normalized spacial score (nSPS) is 15.1. The molecule has 0 saturated carbocycles. The number of carboxylic acids is 1. The van der Waals surface area contributed by atoms with Gasteiger partial charge in [-0.2, -0.15) is 0 Å². The molecule has 1 aromatic rings. The summed E-state index contributed by atoms with van der Waals surface area (Å²) in [5, 5.41) is 15.9. The standard InChI is InChI=1S/C10H12N4O4/c15-8-2-1-3-14(8)9(16)6-13-5-7(11-12-13)4-10(17)18/h5H,1-4,6H2,(H,17,18). The summed E-state index contributed by atoms with van der Waals surface area (Å²) in [4.78, 5) is 34.7. The number of likely N-dealkylation sites (tertiary alicyclic amines) is 1. The molecule has 1 N–H and O–H groups in total. The van der Waals surface area contributed by atoms with Crippen molar-refractivity contribution in [2.75, 3.05) is 6.54 Å². The van der Waals surface area contributed by atoms with E-state index in [0.717, 1.165) is 0 Å². The van der Waals surface area contributed by atoms with Crippen LogP contribution in [0.15, 0.2) is 6.20 Å². The average molecular weight is 252 g/mol. The van der Waals surface area contributed by atoms with Crippen LogP contribution < -0.4 is 0 Å². The van der Waals surface area contributed by atoms with Crippen molar-refractivity contribution >= 4 is 17.8 Å². The van der Waals surface area contributed by atoms with Gasteiger partial charge < -0.3 is 5.11 Å². The van der Waals surface area contributed by atoms with E-state index in [9.17, 15) is 14.4 Å². The van der Waals surface area contributed by atoms with Crippen molar-refractivity contribution in [3.8, 4) is 0 Å². The third-order valence-electron chi connectivity index (χ3n) is 2.59. The van der Waals surface area contributed by atoms with Gasteiger partial charge in [-0.1, -0.05) is 5.21 Å². The van der Waals surface area contributed by atoms with Crippen molar-refractivity contribution in [1.82, 2.24) is 19.9 Å². The van der Waals surface area contributed by atoms with Crippen LogP contribution in [0.3, 0.4) is 0 Å². The van der Waals surface area contributed by atoms with E-state index in [0.29, 0.717) is 19.4 Å². The molecule has 96 valence electrons. The molecule has 0 aliphatic carbocycles. The lowest BCUT2D eigenvalue weighted by Gasteiger charge is -2.12. The van der Waals surface area contributed by atoms with E-state index in [4.69, 9.17) is 5.11 Å². The minimum atomic E-state index is -1.01. The summed E-state index contributed by atoms with van der Waals surface area (Å²) in [6.45, 7) is 0.340. The predicted molar refractivity (Wildman–Crippen MR) is 57.3 cm³/mol. The molecular weight excluding hydrogens is 240 g/mol. The summed E-state index contributed by atoms with van der Waals surface area (Å²) in [5.74, 6) is -1.53. The topological polar surface area (TPSA) is 105 Å². The van der Waals surface area contributed by atoms with E-state index in [1.807, 2.05) is 0 Å². The van der Waals surface area contributed by atoms with Gasteiger partial charge in [0.2, 0.25) is 5.91 Å². The zero-order chi connectivity index (χ0) is 13.1. The number of rotatable bonds is 4. The highest BCUT2D eigenvalue weighted by Crippen LogP contribution is 2.10. The molecule has 2 heterocycles. The first kappa shape index (κ1) is 12.2. The molecule has 0 aromatic carbocycles. The third-order valence-corrected chi connectivity index (χ3v) is 2.59. The second kappa shape index (κ2) is 4.94. The second-order valence-corrected chi connectivity index (χ2v) is 4.02. The van der Waals surface area contributed by atoms with Crippen molar-refractivity contribution in [3.05, 3.63) is 11.9 Å². The number of amides is 2. The lowest BCUT2D eigenvalue weighted by Crippen LogP contribution is -2.34. The Labute approximate surface area is 102 Å². The van der Waals surface area contributed by atoms with Gasteiger partial charge in [-0.05, 0) is 6.42 Å². The summed E-state index contributed by atoms with van der Waals surface area (Å²) in [6, 6.07) is 0. The molecule has 1 aliphatic rings. The number of aromatic nitrogens is 3. The molecule has 1 aliphatic heterocycles. The van der Waals surface area contributed by atoms with E-state index in [2.05, 4.69) is 10.3 Å². The Morgan fingerprint density at radius 1 is 1.44 bits per heavy atom. The van der Waals surface area contributed by atoms with Crippen molar-refractivity contribution < 1.29 is 19.5 Å². The van der Waals surface area contributed by atoms with Crippen LogP contribution in [0.25, 0.3) is 0 Å². The van der Waals surface area contributed by atoms with Crippen LogP contribution in [0.1, 0.15) is 18.5 Å². The van der Waals surface area contributed by atoms with Gasteiger partial charge in [0.05, 0.1) is 12.1 Å². The molecule has 1 aromatic heterocycles. The minimum Gasteiger partial charge on any atom is -0.481 e. The first-order valence-corrected chi connectivity index (χ1v) is 5.50. The van der Waals surface area contributed by atoms with Gasteiger partial charge in [-0.15, -0.1) is 5.10 Å². The third kappa shape index (κ3) is 2.70. The number of imide groups is 1. The van der Waals surface area contributed by atoms with E-state index in [1.54, 1.807) is 0 Å². The van der Waals surface area contributed by atoms with Gasteiger partial charge in [0, 0.05) is 19.2 Å². The van der Waals surface area contributed by atoms with Gasteiger partial charge in [0.1, 0.15) is 6.54 Å². The maximum atomic E-state index is 11.8. The van der Waals surface area contributed by atoms with E-state index in [-0.39, 0.29) is 30.5 Å². The van der Waals surface area contributed by atoms with Crippen LogP contribution in [0.2, 0.25) is 0 Å². The molecule has 0 unspecified atom stereocenters. The fourth-order valence-electron chi connectivity index (χ4n) is 1.79. The Hall–Kier alpha value is -2.25. The van der Waals surface area contributed by atoms with Gasteiger partial charge in [-0.3, -0.25) is 19.3 Å². The Balaban J connectivity index is 1.96. The lowest BCUT2D eigenvalue weighted by atomic mass is 10.3. The Morgan fingerprint density at radius 2 is 2.22 bits per heavy atom. The molecule has 0 atom stereocenters. The number of carbonyl (C=O) groups excluding carboxylic acids is 2. The average Bonchev–Trinajstić information content (AvgIpc) is 2.87. The molecule has 0 radical (unpaired) electrons. The summed E-state index contributed by atoms with van der Waals surface area (Å²) in [6.07, 6.45) is 2.24. The first-order chi connectivity index (χ1) is 8.56. The number of hydrogen-bond acceptors (Lipinski definition) is 5. The quantitative estimate of drug-likeness (QED) is 0.741. The van der Waals surface area contributed by atoms with Gasteiger partial charge >= 0.3 is 5.97 Å². The molecule has 1 saturated heterocycles. The van der Waals surface area contributed by atoms with Crippen LogP contribution in [-0.4, -0.2) is 49.3 Å². The second-order valence-electron chi connectivity index (χ2n) is 4.02. The highest BCUT2D eigenvalue weighted by atomic mass is 16.4. The molecule has 0 bridgehead atoms. The number of hydrogen-bond donors (Lipinski definition) is 1. The van der Waals surface area contributed by atoms with Crippen molar-refractivity contribution in [1.29, 1.82) is 0 Å². The fourth-order valence-corrected chi connectivity index (χ4v) is 1.79. The Kier molecular flexibility index (Phi) is 3.35. The molecule has 8 heteroatoms. The number of carbonyl (C=O) groups is 3. The molecule has 1 fully saturated rings. The smallest absolute Gasteiger partial charge is 0.309 e. The van der Waals surface area contributed by atoms with Gasteiger partial charge in [0.15, 0.2) is 0 Å². The van der Waals surface area contributed by atoms with Gasteiger partial charge in [0.25, 0.3) is 5.91 Å². The summed E-state index contributed by atoms with van der Waals surface area (Å²) < 4.78 is 1.24. The zero-order valence-corrected chi connectivity index (χ0v) is 9.57. The summed E-state index contributed by atoms with van der Waals surface area (Å²) in [5.41, 5.74) is 0.281. The number of aliphatic carboxylic acids is 1. The highest BCUT2D eigenvalue weighted by Gasteiger charge is 2.26. The van der Waals surface area contributed by atoms with Crippen LogP contribution in [0.5, 0.6) is 0 Å².